The maximum absolute atomic E-state index is 11.7. The fourth-order valence-corrected chi connectivity index (χ4v) is 2.80. The van der Waals surface area contributed by atoms with Crippen LogP contribution < -0.4 is 0 Å². The molecule has 0 spiro atoms. The molecule has 0 amide bonds. The highest BCUT2D eigenvalue weighted by Crippen LogP contribution is 2.25. The summed E-state index contributed by atoms with van der Waals surface area (Å²) in [6.45, 7) is 0.509. The van der Waals surface area contributed by atoms with E-state index in [0.29, 0.717) is 22.7 Å². The zero-order chi connectivity index (χ0) is 16.4. The van der Waals surface area contributed by atoms with Crippen LogP contribution in [-0.2, 0) is 11.3 Å². The molecule has 1 aromatic heterocycles. The van der Waals surface area contributed by atoms with Crippen LogP contribution in [0, 0.1) is 0 Å². The summed E-state index contributed by atoms with van der Waals surface area (Å²) in [7, 11) is 1.34. The minimum atomic E-state index is -0.412. The van der Waals surface area contributed by atoms with E-state index in [4.69, 9.17) is 16.3 Å². The van der Waals surface area contributed by atoms with E-state index in [1.54, 1.807) is 24.4 Å². The van der Waals surface area contributed by atoms with Gasteiger partial charge in [-0.05, 0) is 23.8 Å². The average Bonchev–Trinajstić information content (AvgIpc) is 2.93. The van der Waals surface area contributed by atoms with E-state index in [-0.39, 0.29) is 0 Å². The Morgan fingerprint density at radius 2 is 2.04 bits per heavy atom. The maximum Gasteiger partial charge on any atom is 0.337 e. The van der Waals surface area contributed by atoms with E-state index in [2.05, 4.69) is 0 Å². The number of hydrogen-bond donors (Lipinski definition) is 0. The molecule has 3 aromatic rings. The number of carbonyl (C=O) groups is 2. The van der Waals surface area contributed by atoms with Crippen molar-refractivity contribution in [1.29, 1.82) is 0 Å². The zero-order valence-corrected chi connectivity index (χ0v) is 13.2. The number of aromatic nitrogens is 1. The lowest BCUT2D eigenvalue weighted by Crippen LogP contribution is -2.02. The van der Waals surface area contributed by atoms with E-state index >= 15 is 0 Å². The Bertz CT molecular complexity index is 898. The first-order chi connectivity index (χ1) is 11.1. The number of methoxy groups -OCH3 is 1. The lowest BCUT2D eigenvalue weighted by molar-refractivity contribution is 0.0601. The van der Waals surface area contributed by atoms with Crippen LogP contribution in [0.3, 0.4) is 0 Å². The van der Waals surface area contributed by atoms with Crippen molar-refractivity contribution in [2.45, 2.75) is 6.54 Å². The summed E-state index contributed by atoms with van der Waals surface area (Å²) in [6.07, 6.45) is 2.57. The molecule has 0 fully saturated rings. The van der Waals surface area contributed by atoms with Crippen molar-refractivity contribution in [2.75, 3.05) is 7.11 Å². The first-order valence-corrected chi connectivity index (χ1v) is 7.41. The predicted octanol–water partition coefficient (Wildman–Crippen LogP) is 3.94. The van der Waals surface area contributed by atoms with Crippen molar-refractivity contribution in [2.24, 2.45) is 0 Å². The summed E-state index contributed by atoms with van der Waals surface area (Å²) < 4.78 is 6.67. The second kappa shape index (κ2) is 6.26. The van der Waals surface area contributed by atoms with Gasteiger partial charge in [-0.15, -0.1) is 0 Å². The molecule has 5 heteroatoms. The van der Waals surface area contributed by atoms with Crippen molar-refractivity contribution in [3.05, 3.63) is 70.4 Å². The fourth-order valence-electron chi connectivity index (χ4n) is 2.60. The minimum Gasteiger partial charge on any atom is -0.465 e. The van der Waals surface area contributed by atoms with E-state index in [1.165, 1.54) is 7.11 Å². The molecule has 0 aliphatic rings. The largest absolute Gasteiger partial charge is 0.465 e. The Kier molecular flexibility index (Phi) is 4.17. The van der Waals surface area contributed by atoms with E-state index in [1.807, 2.05) is 28.8 Å². The molecule has 0 radical (unpaired) electrons. The highest BCUT2D eigenvalue weighted by molar-refractivity contribution is 6.31. The Morgan fingerprint density at radius 1 is 1.26 bits per heavy atom. The molecule has 0 aliphatic heterocycles. The summed E-state index contributed by atoms with van der Waals surface area (Å²) in [5, 5.41) is 1.45. The number of nitrogens with zero attached hydrogens (tertiary/aromatic N) is 1. The molecule has 4 nitrogen and oxygen atoms in total. The summed E-state index contributed by atoms with van der Waals surface area (Å²) in [4.78, 5) is 23.0. The van der Waals surface area contributed by atoms with Gasteiger partial charge in [-0.1, -0.05) is 35.9 Å². The average molecular weight is 328 g/mol. The molecular weight excluding hydrogens is 314 g/mol. The van der Waals surface area contributed by atoms with Crippen molar-refractivity contribution in [3.63, 3.8) is 0 Å². The fraction of sp³-hybridized carbons (Fsp3) is 0.111. The number of aldehydes is 1. The minimum absolute atomic E-state index is 0.412. The molecule has 0 aliphatic carbocycles. The molecule has 0 N–H and O–H groups in total. The first-order valence-electron chi connectivity index (χ1n) is 7.04. The van der Waals surface area contributed by atoms with Crippen LogP contribution in [0.5, 0.6) is 0 Å². The number of esters is 1. The van der Waals surface area contributed by atoms with Gasteiger partial charge in [0.15, 0.2) is 6.29 Å². The molecule has 1 heterocycles. The number of benzene rings is 2. The topological polar surface area (TPSA) is 48.3 Å². The molecule has 0 bridgehead atoms. The second-order valence-electron chi connectivity index (χ2n) is 5.15. The first kappa shape index (κ1) is 15.3. The smallest absolute Gasteiger partial charge is 0.337 e. The standard InChI is InChI=1S/C18H14ClNO3/c1-23-18(22)12-6-7-15-14(11-21)10-20(17(15)8-12)9-13-4-2-3-5-16(13)19/h2-8,10-11H,9H2,1H3. The van der Waals surface area contributed by atoms with Crippen LogP contribution in [0.2, 0.25) is 5.02 Å². The Morgan fingerprint density at radius 3 is 2.74 bits per heavy atom. The van der Waals surface area contributed by atoms with E-state index in [0.717, 1.165) is 22.8 Å². The molecule has 23 heavy (non-hydrogen) atoms. The molecule has 3 rings (SSSR count). The van der Waals surface area contributed by atoms with Crippen LogP contribution in [0.4, 0.5) is 0 Å². The van der Waals surface area contributed by atoms with E-state index < -0.39 is 5.97 Å². The third kappa shape index (κ3) is 2.85. The van der Waals surface area contributed by atoms with Crippen molar-refractivity contribution >= 4 is 34.8 Å². The Labute approximate surface area is 138 Å². The summed E-state index contributed by atoms with van der Waals surface area (Å²) >= 11 is 6.21. The Balaban J connectivity index is 2.13. The Hall–Kier alpha value is -2.59. The number of halogens is 1. The van der Waals surface area contributed by atoms with Crippen molar-refractivity contribution < 1.29 is 14.3 Å². The third-order valence-corrected chi connectivity index (χ3v) is 4.13. The summed E-state index contributed by atoms with van der Waals surface area (Å²) in [6, 6.07) is 12.7. The van der Waals surface area contributed by atoms with Gasteiger partial charge < -0.3 is 9.30 Å². The lowest BCUT2D eigenvalue weighted by atomic mass is 10.1. The van der Waals surface area contributed by atoms with Gasteiger partial charge in [0.25, 0.3) is 0 Å². The number of hydrogen-bond acceptors (Lipinski definition) is 3. The molecule has 0 atom stereocenters. The maximum atomic E-state index is 11.7. The normalized spacial score (nSPS) is 10.7. The molecule has 2 aromatic carbocycles. The quantitative estimate of drug-likeness (QED) is 0.538. The van der Waals surface area contributed by atoms with Gasteiger partial charge in [-0.2, -0.15) is 0 Å². The van der Waals surface area contributed by atoms with Gasteiger partial charge >= 0.3 is 5.97 Å². The second-order valence-corrected chi connectivity index (χ2v) is 5.55. The molecular formula is C18H14ClNO3. The summed E-state index contributed by atoms with van der Waals surface area (Å²) in [5.41, 5.74) is 2.74. The monoisotopic (exact) mass is 327 g/mol. The van der Waals surface area contributed by atoms with Crippen LogP contribution in [0.15, 0.2) is 48.7 Å². The van der Waals surface area contributed by atoms with Crippen molar-refractivity contribution in [1.82, 2.24) is 4.57 Å². The van der Waals surface area contributed by atoms with E-state index in [9.17, 15) is 9.59 Å². The van der Waals surface area contributed by atoms with Gasteiger partial charge in [0.1, 0.15) is 0 Å². The van der Waals surface area contributed by atoms with Crippen molar-refractivity contribution in [3.8, 4) is 0 Å². The van der Waals surface area contributed by atoms with Gasteiger partial charge in [-0.25, -0.2) is 4.79 Å². The molecule has 0 saturated heterocycles. The van der Waals surface area contributed by atoms with Crippen LogP contribution in [-0.4, -0.2) is 23.9 Å². The third-order valence-electron chi connectivity index (χ3n) is 3.76. The number of carbonyl (C=O) groups excluding carboxylic acids is 2. The van der Waals surface area contributed by atoms with Crippen LogP contribution >= 0.6 is 11.6 Å². The lowest BCUT2D eigenvalue weighted by Gasteiger charge is -2.08. The SMILES string of the molecule is COC(=O)c1ccc2c(C=O)cn(Cc3ccccc3Cl)c2c1. The van der Waals surface area contributed by atoms with Gasteiger partial charge in [0.2, 0.25) is 0 Å². The number of rotatable bonds is 4. The molecule has 0 unspecified atom stereocenters. The highest BCUT2D eigenvalue weighted by Gasteiger charge is 2.13. The number of fused-ring (bicyclic) bond motifs is 1. The van der Waals surface area contributed by atoms with Gasteiger partial charge in [0, 0.05) is 34.2 Å². The predicted molar refractivity (Wildman–Crippen MR) is 89.2 cm³/mol. The van der Waals surface area contributed by atoms with Crippen LogP contribution in [0.1, 0.15) is 26.3 Å². The number of ether oxygens (including phenoxy) is 1. The van der Waals surface area contributed by atoms with Crippen LogP contribution in [0.25, 0.3) is 10.9 Å². The summed E-state index contributed by atoms with van der Waals surface area (Å²) in [5.74, 6) is -0.412. The molecule has 0 saturated carbocycles. The van der Waals surface area contributed by atoms with Gasteiger partial charge in [0.05, 0.1) is 12.7 Å². The zero-order valence-electron chi connectivity index (χ0n) is 12.5. The molecule has 116 valence electrons. The highest BCUT2D eigenvalue weighted by atomic mass is 35.5. The van der Waals surface area contributed by atoms with Gasteiger partial charge in [-0.3, -0.25) is 4.79 Å².